The molecule has 23 heavy (non-hydrogen) atoms. The van der Waals surface area contributed by atoms with Crippen LogP contribution < -0.4 is 5.46 Å². The van der Waals surface area contributed by atoms with Gasteiger partial charge in [0, 0.05) is 0 Å². The fraction of sp³-hybridized carbons (Fsp3) is 0.588. The van der Waals surface area contributed by atoms with E-state index < -0.39 is 29.6 Å². The van der Waals surface area contributed by atoms with E-state index in [0.29, 0.717) is 23.9 Å². The molecule has 1 heterocycles. The number of methoxy groups -OCH3 is 1. The van der Waals surface area contributed by atoms with E-state index >= 15 is 0 Å². The molecule has 1 aliphatic heterocycles. The second-order valence-corrected chi connectivity index (χ2v) is 7.44. The fourth-order valence-electron chi connectivity index (χ4n) is 2.93. The van der Waals surface area contributed by atoms with Crippen molar-refractivity contribution in [2.45, 2.75) is 57.2 Å². The lowest BCUT2D eigenvalue weighted by molar-refractivity contribution is -0.143. The van der Waals surface area contributed by atoms with E-state index in [1.54, 1.807) is 6.07 Å². The summed E-state index contributed by atoms with van der Waals surface area (Å²) >= 11 is 0. The Balaban J connectivity index is 1.96. The first kappa shape index (κ1) is 16.5. The summed E-state index contributed by atoms with van der Waals surface area (Å²) in [5, 5.41) is 0. The summed E-state index contributed by atoms with van der Waals surface area (Å²) in [5.74, 6) is -0.717. The first-order valence-electron chi connectivity index (χ1n) is 7.86. The van der Waals surface area contributed by atoms with Crippen molar-refractivity contribution < 1.29 is 23.2 Å². The van der Waals surface area contributed by atoms with Gasteiger partial charge in [0.25, 0.3) is 0 Å². The lowest BCUT2D eigenvalue weighted by atomic mass is 9.76. The van der Waals surface area contributed by atoms with E-state index in [1.165, 1.54) is 19.2 Å². The predicted molar refractivity (Wildman–Crippen MR) is 85.0 cm³/mol. The molecule has 0 bridgehead atoms. The smallest absolute Gasteiger partial charge is 0.468 e. The van der Waals surface area contributed by atoms with Crippen molar-refractivity contribution in [3.05, 3.63) is 29.6 Å². The van der Waals surface area contributed by atoms with Crippen LogP contribution in [0.3, 0.4) is 0 Å². The molecule has 3 rings (SSSR count). The molecule has 0 atom stereocenters. The summed E-state index contributed by atoms with van der Waals surface area (Å²) in [7, 11) is 0.708. The maximum atomic E-state index is 14.1. The number of esters is 1. The Morgan fingerprint density at radius 3 is 2.17 bits per heavy atom. The van der Waals surface area contributed by atoms with Crippen LogP contribution in [0.25, 0.3) is 0 Å². The van der Waals surface area contributed by atoms with Gasteiger partial charge >= 0.3 is 13.1 Å². The lowest BCUT2D eigenvalue weighted by Crippen LogP contribution is -2.41. The molecule has 6 heteroatoms. The van der Waals surface area contributed by atoms with Gasteiger partial charge in [0.05, 0.1) is 23.7 Å². The number of hydrogen-bond acceptors (Lipinski definition) is 4. The molecular formula is C17H22BFO4. The van der Waals surface area contributed by atoms with Crippen LogP contribution >= 0.6 is 0 Å². The number of hydrogen-bond donors (Lipinski definition) is 0. The molecule has 4 nitrogen and oxygen atoms in total. The standard InChI is InChI=1S/C17H22BFO4/c1-15(2)16(3,4)23-18(22-15)12-8-11(9-13(19)10-12)17(6-7-17)14(20)21-5/h8-10H,6-7H2,1-5H3. The van der Waals surface area contributed by atoms with Crippen LogP contribution in [-0.4, -0.2) is 31.4 Å². The van der Waals surface area contributed by atoms with Gasteiger partial charge in [-0.1, -0.05) is 6.07 Å². The topological polar surface area (TPSA) is 44.8 Å². The number of carbonyl (C=O) groups excluding carboxylic acids is 1. The Hall–Kier alpha value is -1.40. The Morgan fingerprint density at radius 1 is 1.13 bits per heavy atom. The Labute approximate surface area is 136 Å². The maximum Gasteiger partial charge on any atom is 0.494 e. The van der Waals surface area contributed by atoms with E-state index in [2.05, 4.69) is 0 Å². The van der Waals surface area contributed by atoms with Gasteiger partial charge in [-0.2, -0.15) is 0 Å². The molecule has 0 unspecified atom stereocenters. The molecule has 2 aliphatic rings. The van der Waals surface area contributed by atoms with Gasteiger partial charge in [0.15, 0.2) is 0 Å². The van der Waals surface area contributed by atoms with Gasteiger partial charge in [-0.05, 0) is 63.7 Å². The van der Waals surface area contributed by atoms with Crippen molar-refractivity contribution in [3.8, 4) is 0 Å². The number of halogens is 1. The number of carbonyl (C=O) groups is 1. The summed E-state index contributed by atoms with van der Waals surface area (Å²) in [6, 6.07) is 4.60. The number of rotatable bonds is 3. The summed E-state index contributed by atoms with van der Waals surface area (Å²) in [5.41, 5.74) is -0.481. The van der Waals surface area contributed by atoms with Gasteiger partial charge in [-0.15, -0.1) is 0 Å². The third kappa shape index (κ3) is 2.58. The molecule has 1 aliphatic carbocycles. The molecule has 1 aromatic rings. The minimum atomic E-state index is -0.713. The van der Waals surface area contributed by atoms with E-state index in [4.69, 9.17) is 14.0 Å². The van der Waals surface area contributed by atoms with Crippen LogP contribution in [0.2, 0.25) is 0 Å². The van der Waals surface area contributed by atoms with Crippen LogP contribution in [0.15, 0.2) is 18.2 Å². The molecule has 1 aromatic carbocycles. The SMILES string of the molecule is COC(=O)C1(c2cc(F)cc(B3OC(C)(C)C(C)(C)O3)c2)CC1. The van der Waals surface area contributed by atoms with Gasteiger partial charge in [0.2, 0.25) is 0 Å². The first-order valence-corrected chi connectivity index (χ1v) is 7.86. The van der Waals surface area contributed by atoms with Crippen LogP contribution in [0.5, 0.6) is 0 Å². The largest absolute Gasteiger partial charge is 0.494 e. The molecule has 1 saturated carbocycles. The average molecular weight is 320 g/mol. The van der Waals surface area contributed by atoms with Crippen molar-refractivity contribution in [1.29, 1.82) is 0 Å². The van der Waals surface area contributed by atoms with Crippen LogP contribution in [0.1, 0.15) is 46.1 Å². The zero-order chi connectivity index (χ0) is 17.0. The van der Waals surface area contributed by atoms with E-state index in [9.17, 15) is 9.18 Å². The average Bonchev–Trinajstić information content (AvgIpc) is 3.22. The summed E-state index contributed by atoms with van der Waals surface area (Å²) in [4.78, 5) is 12.0. The molecule has 124 valence electrons. The Kier molecular flexibility index (Phi) is 3.61. The number of benzene rings is 1. The highest BCUT2D eigenvalue weighted by Gasteiger charge is 2.55. The Morgan fingerprint density at radius 2 is 1.70 bits per heavy atom. The lowest BCUT2D eigenvalue weighted by Gasteiger charge is -2.32. The molecule has 1 saturated heterocycles. The molecule has 0 aromatic heterocycles. The van der Waals surface area contributed by atoms with Crippen molar-refractivity contribution >= 4 is 18.6 Å². The third-order valence-electron chi connectivity index (χ3n) is 5.32. The van der Waals surface area contributed by atoms with E-state index in [0.717, 1.165) is 0 Å². The molecule has 0 N–H and O–H groups in total. The van der Waals surface area contributed by atoms with Crippen molar-refractivity contribution in [2.24, 2.45) is 0 Å². The second kappa shape index (κ2) is 5.05. The molecule has 2 fully saturated rings. The molecule has 0 radical (unpaired) electrons. The third-order valence-corrected chi connectivity index (χ3v) is 5.32. The monoisotopic (exact) mass is 320 g/mol. The van der Waals surface area contributed by atoms with E-state index in [-0.39, 0.29) is 5.97 Å². The van der Waals surface area contributed by atoms with Crippen LogP contribution in [0, 0.1) is 5.82 Å². The highest BCUT2D eigenvalue weighted by molar-refractivity contribution is 6.62. The van der Waals surface area contributed by atoms with Gasteiger partial charge in [0.1, 0.15) is 5.82 Å². The fourth-order valence-corrected chi connectivity index (χ4v) is 2.93. The van der Waals surface area contributed by atoms with Crippen molar-refractivity contribution in [1.82, 2.24) is 0 Å². The molecular weight excluding hydrogens is 298 g/mol. The molecule has 0 spiro atoms. The Bertz CT molecular complexity index is 636. The zero-order valence-electron chi connectivity index (χ0n) is 14.2. The predicted octanol–water partition coefficient (Wildman–Crippen LogP) is 2.33. The van der Waals surface area contributed by atoms with Gasteiger partial charge in [-0.25, -0.2) is 4.39 Å². The summed E-state index contributed by atoms with van der Waals surface area (Å²) in [6.45, 7) is 7.79. The second-order valence-electron chi connectivity index (χ2n) is 7.44. The zero-order valence-corrected chi connectivity index (χ0v) is 14.2. The highest BCUT2D eigenvalue weighted by atomic mass is 19.1. The maximum absolute atomic E-state index is 14.1. The number of ether oxygens (including phenoxy) is 1. The summed E-state index contributed by atoms with van der Waals surface area (Å²) < 4.78 is 31.0. The van der Waals surface area contributed by atoms with Crippen LogP contribution in [0.4, 0.5) is 4.39 Å². The minimum absolute atomic E-state index is 0.317. The highest BCUT2D eigenvalue weighted by Crippen LogP contribution is 2.49. The molecule has 0 amide bonds. The quantitative estimate of drug-likeness (QED) is 0.633. The minimum Gasteiger partial charge on any atom is -0.468 e. The normalized spacial score (nSPS) is 23.7. The van der Waals surface area contributed by atoms with Crippen LogP contribution in [-0.2, 0) is 24.3 Å². The van der Waals surface area contributed by atoms with Gasteiger partial charge < -0.3 is 14.0 Å². The van der Waals surface area contributed by atoms with Crippen molar-refractivity contribution in [2.75, 3.05) is 7.11 Å². The first-order chi connectivity index (χ1) is 10.6. The van der Waals surface area contributed by atoms with Crippen molar-refractivity contribution in [3.63, 3.8) is 0 Å². The van der Waals surface area contributed by atoms with Gasteiger partial charge in [-0.3, -0.25) is 4.79 Å². The van der Waals surface area contributed by atoms with E-state index in [1.807, 2.05) is 27.7 Å². The summed E-state index contributed by atoms with van der Waals surface area (Å²) in [6.07, 6.45) is 1.35.